The number of halogens is 1. The fourth-order valence-electron chi connectivity index (χ4n) is 3.02. The van der Waals surface area contributed by atoms with Crippen LogP contribution in [0.1, 0.15) is 45.7 Å². The van der Waals surface area contributed by atoms with Crippen molar-refractivity contribution in [2.24, 2.45) is 0 Å². The lowest BCUT2D eigenvalue weighted by Gasteiger charge is -2.28. The number of amides is 2. The Kier molecular flexibility index (Phi) is 8.30. The van der Waals surface area contributed by atoms with Crippen molar-refractivity contribution in [1.29, 1.82) is 0 Å². The Labute approximate surface area is 184 Å². The van der Waals surface area contributed by atoms with Gasteiger partial charge >= 0.3 is 0 Å². The number of ether oxygens (including phenoxy) is 1. The Hall–Kier alpha value is -2.53. The molecule has 0 aliphatic rings. The second kappa shape index (κ2) is 10.5. The molecule has 2 amide bonds. The van der Waals surface area contributed by atoms with Crippen LogP contribution in [-0.4, -0.2) is 35.9 Å². The van der Waals surface area contributed by atoms with Gasteiger partial charge in [0.1, 0.15) is 11.8 Å². The molecule has 2 aromatic carbocycles. The molecule has 0 saturated carbocycles. The van der Waals surface area contributed by atoms with E-state index >= 15 is 0 Å². The molecule has 1 atom stereocenters. The first-order chi connectivity index (χ1) is 14.1. The summed E-state index contributed by atoms with van der Waals surface area (Å²) in [6, 6.07) is 14.4. The Morgan fingerprint density at radius 2 is 1.80 bits per heavy atom. The summed E-state index contributed by atoms with van der Waals surface area (Å²) in [7, 11) is 0. The zero-order chi connectivity index (χ0) is 22.3. The molecule has 1 unspecified atom stereocenters. The van der Waals surface area contributed by atoms with Crippen molar-refractivity contribution in [2.45, 2.75) is 52.6 Å². The number of benzene rings is 2. The third-order valence-corrected chi connectivity index (χ3v) is 5.08. The van der Waals surface area contributed by atoms with Crippen LogP contribution in [0.4, 0.5) is 0 Å². The summed E-state index contributed by atoms with van der Waals surface area (Å²) in [6.07, 6.45) is 0. The zero-order valence-corrected chi connectivity index (χ0v) is 19.1. The van der Waals surface area contributed by atoms with Gasteiger partial charge in [0, 0.05) is 18.1 Å². The van der Waals surface area contributed by atoms with E-state index in [0.29, 0.717) is 17.3 Å². The summed E-state index contributed by atoms with van der Waals surface area (Å²) in [5, 5.41) is 3.36. The summed E-state index contributed by atoms with van der Waals surface area (Å²) in [5.41, 5.74) is 2.08. The molecule has 0 saturated heterocycles. The third-order valence-electron chi connectivity index (χ3n) is 4.84. The topological polar surface area (TPSA) is 58.6 Å². The van der Waals surface area contributed by atoms with Crippen LogP contribution in [0.25, 0.3) is 0 Å². The van der Waals surface area contributed by atoms with E-state index in [4.69, 9.17) is 16.3 Å². The second-order valence-corrected chi connectivity index (χ2v) is 8.72. The van der Waals surface area contributed by atoms with Gasteiger partial charge in [-0.2, -0.15) is 0 Å². The standard InChI is InChI=1S/C24H31ClN2O3/c1-6-26-23(29)17(2)27(15-18-8-7-9-20(25)14-18)22(28)16-30-21-12-10-19(11-13-21)24(3,4)5/h7-14,17H,6,15-16H2,1-5H3,(H,26,29). The molecule has 5 nitrogen and oxygen atoms in total. The average Bonchev–Trinajstić information content (AvgIpc) is 2.69. The maximum absolute atomic E-state index is 13.0. The summed E-state index contributed by atoms with van der Waals surface area (Å²) < 4.78 is 5.72. The van der Waals surface area contributed by atoms with Crippen LogP contribution in [0, 0.1) is 0 Å². The Morgan fingerprint density at radius 3 is 2.37 bits per heavy atom. The van der Waals surface area contributed by atoms with E-state index in [-0.39, 0.29) is 30.4 Å². The van der Waals surface area contributed by atoms with Crippen LogP contribution in [0.2, 0.25) is 5.02 Å². The summed E-state index contributed by atoms with van der Waals surface area (Å²) in [6.45, 7) is 10.6. The van der Waals surface area contributed by atoms with Gasteiger partial charge in [0.2, 0.25) is 5.91 Å². The van der Waals surface area contributed by atoms with Crippen LogP contribution < -0.4 is 10.1 Å². The molecule has 2 rings (SSSR count). The Morgan fingerprint density at radius 1 is 1.13 bits per heavy atom. The highest BCUT2D eigenvalue weighted by atomic mass is 35.5. The second-order valence-electron chi connectivity index (χ2n) is 8.29. The van der Waals surface area contributed by atoms with E-state index in [2.05, 4.69) is 26.1 Å². The molecular weight excluding hydrogens is 400 g/mol. The summed E-state index contributed by atoms with van der Waals surface area (Å²) in [5.74, 6) is 0.140. The highest BCUT2D eigenvalue weighted by Gasteiger charge is 2.26. The van der Waals surface area contributed by atoms with Gasteiger partial charge in [0.15, 0.2) is 6.61 Å². The molecule has 0 fully saturated rings. The highest BCUT2D eigenvalue weighted by molar-refractivity contribution is 6.30. The maximum atomic E-state index is 13.0. The SMILES string of the molecule is CCNC(=O)C(C)N(Cc1cccc(Cl)c1)C(=O)COc1ccc(C(C)(C)C)cc1. The monoisotopic (exact) mass is 430 g/mol. The van der Waals surface area contributed by atoms with E-state index in [1.165, 1.54) is 10.5 Å². The van der Waals surface area contributed by atoms with Gasteiger partial charge in [-0.25, -0.2) is 0 Å². The Bertz CT molecular complexity index is 859. The number of rotatable bonds is 8. The van der Waals surface area contributed by atoms with Gasteiger partial charge in [-0.15, -0.1) is 0 Å². The van der Waals surface area contributed by atoms with Crippen molar-refractivity contribution in [3.8, 4) is 5.75 Å². The predicted octanol–water partition coefficient (Wildman–Crippen LogP) is 4.57. The van der Waals surface area contributed by atoms with Crippen molar-refractivity contribution in [2.75, 3.05) is 13.2 Å². The van der Waals surface area contributed by atoms with Crippen molar-refractivity contribution in [3.63, 3.8) is 0 Å². The number of nitrogens with one attached hydrogen (secondary N) is 1. The van der Waals surface area contributed by atoms with E-state index in [9.17, 15) is 9.59 Å². The Balaban J connectivity index is 2.12. The van der Waals surface area contributed by atoms with Crippen molar-refractivity contribution >= 4 is 23.4 Å². The molecular formula is C24H31ClN2O3. The van der Waals surface area contributed by atoms with E-state index in [1.807, 2.05) is 43.3 Å². The number of likely N-dealkylation sites (N-methyl/N-ethyl adjacent to an activating group) is 1. The summed E-state index contributed by atoms with van der Waals surface area (Å²) >= 11 is 6.08. The number of carbonyl (C=O) groups is 2. The molecule has 0 radical (unpaired) electrons. The lowest BCUT2D eigenvalue weighted by atomic mass is 9.87. The van der Waals surface area contributed by atoms with Crippen LogP contribution in [0.3, 0.4) is 0 Å². The molecule has 2 aromatic rings. The number of nitrogens with zero attached hydrogens (tertiary/aromatic N) is 1. The smallest absolute Gasteiger partial charge is 0.261 e. The molecule has 0 spiro atoms. The fourth-order valence-corrected chi connectivity index (χ4v) is 3.23. The fraction of sp³-hybridized carbons (Fsp3) is 0.417. The van der Waals surface area contributed by atoms with Gasteiger partial charge in [0.25, 0.3) is 5.91 Å². The van der Waals surface area contributed by atoms with Crippen LogP contribution in [-0.2, 0) is 21.5 Å². The molecule has 1 N–H and O–H groups in total. The molecule has 6 heteroatoms. The van der Waals surface area contributed by atoms with E-state index in [0.717, 1.165) is 5.56 Å². The highest BCUT2D eigenvalue weighted by Crippen LogP contribution is 2.24. The van der Waals surface area contributed by atoms with E-state index in [1.54, 1.807) is 19.1 Å². The molecule has 0 aromatic heterocycles. The number of hydrogen-bond acceptors (Lipinski definition) is 3. The van der Waals surface area contributed by atoms with Crippen LogP contribution in [0.5, 0.6) is 5.75 Å². The average molecular weight is 431 g/mol. The zero-order valence-electron chi connectivity index (χ0n) is 18.4. The van der Waals surface area contributed by atoms with Crippen molar-refractivity contribution in [1.82, 2.24) is 10.2 Å². The molecule has 30 heavy (non-hydrogen) atoms. The molecule has 0 aliphatic heterocycles. The molecule has 162 valence electrons. The largest absolute Gasteiger partial charge is 0.484 e. The normalized spacial score (nSPS) is 12.2. The van der Waals surface area contributed by atoms with Gasteiger partial charge in [0.05, 0.1) is 0 Å². The maximum Gasteiger partial charge on any atom is 0.261 e. The van der Waals surface area contributed by atoms with Gasteiger partial charge in [-0.05, 0) is 54.7 Å². The molecule has 0 aliphatic carbocycles. The lowest BCUT2D eigenvalue weighted by molar-refractivity contribution is -0.142. The minimum atomic E-state index is -0.636. The lowest BCUT2D eigenvalue weighted by Crippen LogP contribution is -2.49. The quantitative estimate of drug-likeness (QED) is 0.667. The van der Waals surface area contributed by atoms with Crippen LogP contribution >= 0.6 is 11.6 Å². The van der Waals surface area contributed by atoms with Gasteiger partial charge in [-0.1, -0.05) is 56.6 Å². The summed E-state index contributed by atoms with van der Waals surface area (Å²) in [4.78, 5) is 26.9. The van der Waals surface area contributed by atoms with Crippen LogP contribution in [0.15, 0.2) is 48.5 Å². The minimum absolute atomic E-state index is 0.0458. The first-order valence-corrected chi connectivity index (χ1v) is 10.5. The number of hydrogen-bond donors (Lipinski definition) is 1. The first kappa shape index (κ1) is 23.7. The van der Waals surface area contributed by atoms with Gasteiger partial charge < -0.3 is 15.0 Å². The van der Waals surface area contributed by atoms with Gasteiger partial charge in [-0.3, -0.25) is 9.59 Å². The van der Waals surface area contributed by atoms with E-state index < -0.39 is 6.04 Å². The number of carbonyl (C=O) groups excluding carboxylic acids is 2. The predicted molar refractivity (Wildman–Crippen MR) is 121 cm³/mol. The first-order valence-electron chi connectivity index (χ1n) is 10.2. The molecule has 0 bridgehead atoms. The van der Waals surface area contributed by atoms with Crippen molar-refractivity contribution in [3.05, 3.63) is 64.7 Å². The minimum Gasteiger partial charge on any atom is -0.484 e. The molecule has 0 heterocycles. The van der Waals surface area contributed by atoms with Crippen molar-refractivity contribution < 1.29 is 14.3 Å². The third kappa shape index (κ3) is 6.77.